The molecule has 1 aliphatic rings. The summed E-state index contributed by atoms with van der Waals surface area (Å²) < 4.78 is 5.39. The molecule has 0 aliphatic carbocycles. The highest BCUT2D eigenvalue weighted by atomic mass is 16.5. The Hall–Kier alpha value is -2.70. The number of benzene rings is 2. The molecule has 6 nitrogen and oxygen atoms in total. The first-order valence-corrected chi connectivity index (χ1v) is 9.67. The fourth-order valence-corrected chi connectivity index (χ4v) is 3.01. The van der Waals surface area contributed by atoms with Gasteiger partial charge in [0.2, 0.25) is 5.96 Å². The molecule has 1 fully saturated rings. The molecule has 3 rings (SSSR count). The molecule has 1 aliphatic heterocycles. The molecule has 0 unspecified atom stereocenters. The number of aliphatic imine (C=N–C) groups is 1. The van der Waals surface area contributed by atoms with Crippen LogP contribution >= 0.6 is 0 Å². The topological polar surface area (TPSA) is 66.0 Å². The van der Waals surface area contributed by atoms with Gasteiger partial charge in [0.15, 0.2) is 0 Å². The van der Waals surface area contributed by atoms with Gasteiger partial charge in [-0.25, -0.2) is 0 Å². The fraction of sp³-hybridized carbons (Fsp3) is 0.364. The van der Waals surface area contributed by atoms with E-state index < -0.39 is 0 Å². The second-order valence-electron chi connectivity index (χ2n) is 6.95. The molecule has 0 spiro atoms. The number of ether oxygens (including phenoxy) is 1. The molecule has 6 heteroatoms. The lowest BCUT2D eigenvalue weighted by Crippen LogP contribution is -2.39. The van der Waals surface area contributed by atoms with Crippen LogP contribution in [0.15, 0.2) is 53.5 Å². The summed E-state index contributed by atoms with van der Waals surface area (Å²) in [5.41, 5.74) is 3.79. The SMILES string of the molecule is Cc1ccc(C)c(NC(=NCCN2CCOCC2)NC(=O)c2ccccc2)c1. The average molecular weight is 380 g/mol. The summed E-state index contributed by atoms with van der Waals surface area (Å²) in [4.78, 5) is 19.6. The highest BCUT2D eigenvalue weighted by molar-refractivity contribution is 6.10. The summed E-state index contributed by atoms with van der Waals surface area (Å²) in [6.07, 6.45) is 0. The molecule has 0 radical (unpaired) electrons. The number of hydrogen-bond acceptors (Lipinski definition) is 4. The molecule has 28 heavy (non-hydrogen) atoms. The predicted octanol–water partition coefficient (Wildman–Crippen LogP) is 2.83. The molecule has 2 N–H and O–H groups in total. The van der Waals surface area contributed by atoms with Crippen molar-refractivity contribution in [2.75, 3.05) is 44.7 Å². The van der Waals surface area contributed by atoms with Gasteiger partial charge < -0.3 is 10.1 Å². The lowest BCUT2D eigenvalue weighted by atomic mass is 10.1. The van der Waals surface area contributed by atoms with Crippen molar-refractivity contribution < 1.29 is 9.53 Å². The third kappa shape index (κ3) is 5.90. The third-order valence-electron chi connectivity index (χ3n) is 4.70. The molecular weight excluding hydrogens is 352 g/mol. The van der Waals surface area contributed by atoms with Crippen LogP contribution in [0.5, 0.6) is 0 Å². The fourth-order valence-electron chi connectivity index (χ4n) is 3.01. The number of guanidine groups is 1. The number of anilines is 1. The van der Waals surface area contributed by atoms with Crippen molar-refractivity contribution in [3.63, 3.8) is 0 Å². The zero-order chi connectivity index (χ0) is 19.8. The van der Waals surface area contributed by atoms with Crippen LogP contribution in [-0.4, -0.2) is 56.2 Å². The van der Waals surface area contributed by atoms with Gasteiger partial charge in [-0.15, -0.1) is 0 Å². The van der Waals surface area contributed by atoms with E-state index >= 15 is 0 Å². The maximum atomic E-state index is 12.6. The van der Waals surface area contributed by atoms with Crippen molar-refractivity contribution in [2.45, 2.75) is 13.8 Å². The molecule has 1 amide bonds. The van der Waals surface area contributed by atoms with E-state index in [1.165, 1.54) is 0 Å². The Morgan fingerprint density at radius 3 is 2.61 bits per heavy atom. The normalized spacial score (nSPS) is 15.3. The number of morpholine rings is 1. The van der Waals surface area contributed by atoms with Crippen LogP contribution < -0.4 is 10.6 Å². The first-order valence-electron chi connectivity index (χ1n) is 9.67. The van der Waals surface area contributed by atoms with Gasteiger partial charge in [-0.2, -0.15) is 0 Å². The Morgan fingerprint density at radius 1 is 1.11 bits per heavy atom. The zero-order valence-electron chi connectivity index (χ0n) is 16.6. The van der Waals surface area contributed by atoms with Crippen LogP contribution in [0.2, 0.25) is 0 Å². The molecule has 148 valence electrons. The summed E-state index contributed by atoms with van der Waals surface area (Å²) in [5.74, 6) is 0.291. The Kier molecular flexibility index (Phi) is 7.17. The van der Waals surface area contributed by atoms with Gasteiger partial charge in [0.25, 0.3) is 5.91 Å². The maximum Gasteiger partial charge on any atom is 0.257 e. The second-order valence-corrected chi connectivity index (χ2v) is 6.95. The minimum absolute atomic E-state index is 0.177. The number of amides is 1. The van der Waals surface area contributed by atoms with Crippen molar-refractivity contribution in [3.8, 4) is 0 Å². The highest BCUT2D eigenvalue weighted by Gasteiger charge is 2.12. The van der Waals surface area contributed by atoms with E-state index in [0.717, 1.165) is 49.7 Å². The number of rotatable bonds is 5. The van der Waals surface area contributed by atoms with Crippen molar-refractivity contribution in [1.82, 2.24) is 10.2 Å². The van der Waals surface area contributed by atoms with E-state index in [9.17, 15) is 4.79 Å². The minimum Gasteiger partial charge on any atom is -0.379 e. The highest BCUT2D eigenvalue weighted by Crippen LogP contribution is 2.16. The van der Waals surface area contributed by atoms with Crippen LogP contribution in [0.1, 0.15) is 21.5 Å². The average Bonchev–Trinajstić information content (AvgIpc) is 2.72. The van der Waals surface area contributed by atoms with E-state index in [0.29, 0.717) is 18.1 Å². The molecular formula is C22H28N4O2. The summed E-state index contributed by atoms with van der Waals surface area (Å²) >= 11 is 0. The number of nitrogens with one attached hydrogen (secondary N) is 2. The summed E-state index contributed by atoms with van der Waals surface area (Å²) in [6, 6.07) is 15.4. The van der Waals surface area contributed by atoms with E-state index in [2.05, 4.69) is 38.7 Å². The van der Waals surface area contributed by atoms with Gasteiger partial charge >= 0.3 is 0 Å². The van der Waals surface area contributed by atoms with Crippen LogP contribution in [0.3, 0.4) is 0 Å². The number of hydrogen-bond donors (Lipinski definition) is 2. The van der Waals surface area contributed by atoms with Crippen molar-refractivity contribution in [2.24, 2.45) is 4.99 Å². The lowest BCUT2D eigenvalue weighted by Gasteiger charge is -2.25. The monoisotopic (exact) mass is 380 g/mol. The second kappa shape index (κ2) is 10.0. The number of carbonyl (C=O) groups is 1. The Labute approximate surface area is 166 Å². The van der Waals surface area contributed by atoms with Crippen LogP contribution in [0.25, 0.3) is 0 Å². The van der Waals surface area contributed by atoms with Crippen molar-refractivity contribution >= 4 is 17.6 Å². The van der Waals surface area contributed by atoms with Gasteiger partial charge in [0, 0.05) is 30.9 Å². The molecule has 2 aromatic rings. The summed E-state index contributed by atoms with van der Waals surface area (Å²) in [6.45, 7) is 8.89. The van der Waals surface area contributed by atoms with Crippen molar-refractivity contribution in [3.05, 3.63) is 65.2 Å². The van der Waals surface area contributed by atoms with Crippen LogP contribution in [0, 0.1) is 13.8 Å². The van der Waals surface area contributed by atoms with Crippen molar-refractivity contribution in [1.29, 1.82) is 0 Å². The Bertz CT molecular complexity index is 815. The molecule has 1 heterocycles. The first-order chi connectivity index (χ1) is 13.6. The molecule has 1 saturated heterocycles. The van der Waals surface area contributed by atoms with Gasteiger partial charge in [0.1, 0.15) is 0 Å². The largest absolute Gasteiger partial charge is 0.379 e. The van der Waals surface area contributed by atoms with Crippen LogP contribution in [-0.2, 0) is 4.74 Å². The first kappa shape index (κ1) is 20.0. The van der Waals surface area contributed by atoms with Gasteiger partial charge in [-0.05, 0) is 43.2 Å². The molecule has 0 bridgehead atoms. The minimum atomic E-state index is -0.177. The molecule has 0 saturated carbocycles. The van der Waals surface area contributed by atoms with E-state index in [1.807, 2.05) is 32.0 Å². The lowest BCUT2D eigenvalue weighted by molar-refractivity contribution is 0.0394. The maximum absolute atomic E-state index is 12.6. The third-order valence-corrected chi connectivity index (χ3v) is 4.70. The molecule has 0 atom stereocenters. The quantitative estimate of drug-likeness (QED) is 0.618. The van der Waals surface area contributed by atoms with Gasteiger partial charge in [-0.3, -0.25) is 20.0 Å². The summed E-state index contributed by atoms with van der Waals surface area (Å²) in [5, 5.41) is 6.22. The van der Waals surface area contributed by atoms with E-state index in [-0.39, 0.29) is 5.91 Å². The number of aryl methyl sites for hydroxylation is 2. The van der Waals surface area contributed by atoms with Crippen LogP contribution in [0.4, 0.5) is 5.69 Å². The van der Waals surface area contributed by atoms with Gasteiger partial charge in [0.05, 0.1) is 19.8 Å². The van der Waals surface area contributed by atoms with E-state index in [4.69, 9.17) is 4.74 Å². The molecule has 2 aromatic carbocycles. The standard InChI is InChI=1S/C22H28N4O2/c1-17-8-9-18(2)20(16-17)24-22(23-10-11-26-12-14-28-15-13-26)25-21(27)19-6-4-3-5-7-19/h3-9,16H,10-15H2,1-2H3,(H2,23,24,25,27). The Morgan fingerprint density at radius 2 is 1.86 bits per heavy atom. The zero-order valence-corrected chi connectivity index (χ0v) is 16.6. The smallest absolute Gasteiger partial charge is 0.257 e. The predicted molar refractivity (Wildman–Crippen MR) is 113 cm³/mol. The van der Waals surface area contributed by atoms with Gasteiger partial charge in [-0.1, -0.05) is 30.3 Å². The number of carbonyl (C=O) groups excluding carboxylic acids is 1. The molecule has 0 aromatic heterocycles. The van der Waals surface area contributed by atoms with E-state index in [1.54, 1.807) is 12.1 Å². The Balaban J connectivity index is 1.71. The summed E-state index contributed by atoms with van der Waals surface area (Å²) in [7, 11) is 0. The number of nitrogens with zero attached hydrogens (tertiary/aromatic N) is 2.